The lowest BCUT2D eigenvalue weighted by Crippen LogP contribution is -2.44. The van der Waals surface area contributed by atoms with Gasteiger partial charge in [-0.3, -0.25) is 10.1 Å². The molecule has 4 N–H and O–H groups in total. The molecule has 0 saturated heterocycles. The first-order valence-corrected chi connectivity index (χ1v) is 6.51. The van der Waals surface area contributed by atoms with Crippen molar-refractivity contribution in [3.05, 3.63) is 29.3 Å². The Morgan fingerprint density at radius 3 is 2.62 bits per heavy atom. The first-order chi connectivity index (χ1) is 9.86. The molecule has 1 aromatic rings. The van der Waals surface area contributed by atoms with E-state index in [1.165, 1.54) is 6.92 Å². The third-order valence-corrected chi connectivity index (χ3v) is 2.82. The highest BCUT2D eigenvalue weighted by atomic mass is 16.5. The predicted octanol–water partition coefficient (Wildman–Crippen LogP) is 0.968. The minimum Gasteiger partial charge on any atom is -0.449 e. The van der Waals surface area contributed by atoms with Gasteiger partial charge in [-0.15, -0.1) is 0 Å². The SMILES string of the molecule is CCNC(=O)NC(=O)C(C)OC(=O)c1cccc(N)c1C. The number of esters is 1. The van der Waals surface area contributed by atoms with E-state index in [-0.39, 0.29) is 5.56 Å². The van der Waals surface area contributed by atoms with Crippen LogP contribution in [0.5, 0.6) is 0 Å². The van der Waals surface area contributed by atoms with Gasteiger partial charge >= 0.3 is 12.0 Å². The number of urea groups is 1. The minimum absolute atomic E-state index is 0.285. The van der Waals surface area contributed by atoms with Crippen molar-refractivity contribution in [3.8, 4) is 0 Å². The number of ether oxygens (including phenoxy) is 1. The van der Waals surface area contributed by atoms with Gasteiger partial charge in [0.15, 0.2) is 6.10 Å². The largest absolute Gasteiger partial charge is 0.449 e. The molecule has 0 aliphatic heterocycles. The van der Waals surface area contributed by atoms with Crippen LogP contribution in [0.3, 0.4) is 0 Å². The molecule has 0 radical (unpaired) electrons. The van der Waals surface area contributed by atoms with E-state index in [0.717, 1.165) is 0 Å². The van der Waals surface area contributed by atoms with Crippen LogP contribution in [0, 0.1) is 6.92 Å². The van der Waals surface area contributed by atoms with E-state index in [4.69, 9.17) is 10.5 Å². The number of carbonyl (C=O) groups excluding carboxylic acids is 3. The summed E-state index contributed by atoms with van der Waals surface area (Å²) in [5.74, 6) is -1.37. The third kappa shape index (κ3) is 4.48. The molecule has 0 aromatic heterocycles. The fraction of sp³-hybridized carbons (Fsp3) is 0.357. The summed E-state index contributed by atoms with van der Waals surface area (Å²) in [6.45, 7) is 5.17. The van der Waals surface area contributed by atoms with Gasteiger partial charge in [0.05, 0.1) is 5.56 Å². The number of nitrogens with two attached hydrogens (primary N) is 1. The molecule has 0 fully saturated rings. The van der Waals surface area contributed by atoms with E-state index in [1.54, 1.807) is 32.0 Å². The maximum absolute atomic E-state index is 12.0. The fourth-order valence-electron chi connectivity index (χ4n) is 1.57. The summed E-state index contributed by atoms with van der Waals surface area (Å²) in [5, 5.41) is 4.48. The van der Waals surface area contributed by atoms with Crippen LogP contribution >= 0.6 is 0 Å². The number of nitrogens with one attached hydrogen (secondary N) is 2. The van der Waals surface area contributed by atoms with E-state index < -0.39 is 24.0 Å². The van der Waals surface area contributed by atoms with Gasteiger partial charge < -0.3 is 15.8 Å². The highest BCUT2D eigenvalue weighted by Crippen LogP contribution is 2.17. The second kappa shape index (κ2) is 7.28. The van der Waals surface area contributed by atoms with E-state index in [9.17, 15) is 14.4 Å². The van der Waals surface area contributed by atoms with Gasteiger partial charge in [-0.2, -0.15) is 0 Å². The van der Waals surface area contributed by atoms with Gasteiger partial charge in [0.25, 0.3) is 5.91 Å². The number of benzene rings is 1. The molecule has 0 saturated carbocycles. The van der Waals surface area contributed by atoms with Crippen LogP contribution in [0.15, 0.2) is 18.2 Å². The number of amides is 3. The van der Waals surface area contributed by atoms with Crippen molar-refractivity contribution in [2.45, 2.75) is 26.9 Å². The average Bonchev–Trinajstić information content (AvgIpc) is 2.41. The zero-order valence-corrected chi connectivity index (χ0v) is 12.2. The Kier molecular flexibility index (Phi) is 5.71. The molecule has 114 valence electrons. The number of carbonyl (C=O) groups is 3. The van der Waals surface area contributed by atoms with Crippen LogP contribution in [0.25, 0.3) is 0 Å². The Morgan fingerprint density at radius 2 is 2.00 bits per heavy atom. The van der Waals surface area contributed by atoms with Gasteiger partial charge in [0, 0.05) is 12.2 Å². The second-order valence-electron chi connectivity index (χ2n) is 4.42. The molecule has 0 aliphatic rings. The van der Waals surface area contributed by atoms with Crippen LogP contribution < -0.4 is 16.4 Å². The average molecular weight is 293 g/mol. The van der Waals surface area contributed by atoms with Gasteiger partial charge in [-0.1, -0.05) is 6.07 Å². The molecule has 7 nitrogen and oxygen atoms in total. The summed E-state index contributed by atoms with van der Waals surface area (Å²) in [5.41, 5.74) is 7.04. The minimum atomic E-state index is -1.10. The number of imide groups is 1. The van der Waals surface area contributed by atoms with Crippen LogP contribution in [0.1, 0.15) is 29.8 Å². The van der Waals surface area contributed by atoms with Crippen molar-refractivity contribution in [2.75, 3.05) is 12.3 Å². The lowest BCUT2D eigenvalue weighted by Gasteiger charge is -2.14. The molecule has 21 heavy (non-hydrogen) atoms. The molecule has 0 aliphatic carbocycles. The van der Waals surface area contributed by atoms with Gasteiger partial charge in [-0.05, 0) is 38.5 Å². The van der Waals surface area contributed by atoms with E-state index >= 15 is 0 Å². The number of nitrogen functional groups attached to an aromatic ring is 1. The summed E-state index contributed by atoms with van der Waals surface area (Å²) >= 11 is 0. The van der Waals surface area contributed by atoms with Crippen molar-refractivity contribution in [3.63, 3.8) is 0 Å². The first kappa shape index (κ1) is 16.5. The van der Waals surface area contributed by atoms with Crippen molar-refractivity contribution in [1.82, 2.24) is 10.6 Å². The monoisotopic (exact) mass is 293 g/mol. The van der Waals surface area contributed by atoms with Gasteiger partial charge in [0.1, 0.15) is 0 Å². The standard InChI is InChI=1S/C14H19N3O4/c1-4-16-14(20)17-12(18)9(3)21-13(19)10-6-5-7-11(15)8(10)2/h5-7,9H,4,15H2,1-3H3,(H2,16,17,18,20). The highest BCUT2D eigenvalue weighted by Gasteiger charge is 2.21. The van der Waals surface area contributed by atoms with Crippen molar-refractivity contribution < 1.29 is 19.1 Å². The quantitative estimate of drug-likeness (QED) is 0.566. The predicted molar refractivity (Wildman–Crippen MR) is 77.7 cm³/mol. The fourth-order valence-corrected chi connectivity index (χ4v) is 1.57. The third-order valence-electron chi connectivity index (χ3n) is 2.82. The molecule has 0 heterocycles. The molecule has 0 bridgehead atoms. The van der Waals surface area contributed by atoms with Crippen molar-refractivity contribution >= 4 is 23.6 Å². The van der Waals surface area contributed by atoms with Gasteiger partial charge in [0.2, 0.25) is 0 Å². The Morgan fingerprint density at radius 1 is 1.33 bits per heavy atom. The molecule has 3 amide bonds. The van der Waals surface area contributed by atoms with E-state index in [2.05, 4.69) is 10.6 Å². The zero-order chi connectivity index (χ0) is 16.0. The molecule has 7 heteroatoms. The second-order valence-corrected chi connectivity index (χ2v) is 4.42. The summed E-state index contributed by atoms with van der Waals surface area (Å²) in [6, 6.07) is 4.21. The molecular formula is C14H19N3O4. The Bertz CT molecular complexity index is 557. The smallest absolute Gasteiger partial charge is 0.339 e. The summed E-state index contributed by atoms with van der Waals surface area (Å²) in [4.78, 5) is 34.9. The molecule has 1 rings (SSSR count). The number of hydrogen-bond donors (Lipinski definition) is 3. The number of anilines is 1. The van der Waals surface area contributed by atoms with E-state index in [1.807, 2.05) is 0 Å². The Hall–Kier alpha value is -2.57. The normalized spacial score (nSPS) is 11.4. The summed E-state index contributed by atoms with van der Waals surface area (Å²) in [6.07, 6.45) is -1.10. The number of hydrogen-bond acceptors (Lipinski definition) is 5. The Labute approximate surface area is 122 Å². The van der Waals surface area contributed by atoms with Crippen LogP contribution in [-0.2, 0) is 9.53 Å². The summed E-state index contributed by atoms with van der Waals surface area (Å²) in [7, 11) is 0. The van der Waals surface area contributed by atoms with Crippen molar-refractivity contribution in [2.24, 2.45) is 0 Å². The van der Waals surface area contributed by atoms with Crippen LogP contribution in [-0.4, -0.2) is 30.6 Å². The maximum atomic E-state index is 12.0. The van der Waals surface area contributed by atoms with Gasteiger partial charge in [-0.25, -0.2) is 9.59 Å². The van der Waals surface area contributed by atoms with Crippen LogP contribution in [0.2, 0.25) is 0 Å². The molecule has 1 atom stereocenters. The highest BCUT2D eigenvalue weighted by molar-refractivity contribution is 5.99. The molecular weight excluding hydrogens is 274 g/mol. The lowest BCUT2D eigenvalue weighted by atomic mass is 10.1. The molecule has 1 aromatic carbocycles. The topological polar surface area (TPSA) is 111 Å². The first-order valence-electron chi connectivity index (χ1n) is 6.51. The van der Waals surface area contributed by atoms with Crippen LogP contribution in [0.4, 0.5) is 10.5 Å². The summed E-state index contributed by atoms with van der Waals surface area (Å²) < 4.78 is 5.03. The molecule has 0 spiro atoms. The van der Waals surface area contributed by atoms with E-state index in [0.29, 0.717) is 17.8 Å². The number of rotatable bonds is 4. The van der Waals surface area contributed by atoms with Crippen molar-refractivity contribution in [1.29, 1.82) is 0 Å². The molecule has 1 unspecified atom stereocenters. The maximum Gasteiger partial charge on any atom is 0.339 e. The Balaban J connectivity index is 2.68. The zero-order valence-electron chi connectivity index (χ0n) is 12.2. The lowest BCUT2D eigenvalue weighted by molar-refractivity contribution is -0.127.